The molecule has 34 heavy (non-hydrogen) atoms. The Labute approximate surface area is 199 Å². The van der Waals surface area contributed by atoms with E-state index in [0.29, 0.717) is 12.3 Å². The number of hydrogen-bond acceptors (Lipinski definition) is 3. The first kappa shape index (κ1) is 21.6. The van der Waals surface area contributed by atoms with E-state index in [-0.39, 0.29) is 5.91 Å². The van der Waals surface area contributed by atoms with Crippen LogP contribution in [0.15, 0.2) is 97.3 Å². The van der Waals surface area contributed by atoms with Gasteiger partial charge in [0.2, 0.25) is 5.91 Å². The average molecular weight is 447 g/mol. The first-order valence-corrected chi connectivity index (χ1v) is 11.5. The summed E-state index contributed by atoms with van der Waals surface area (Å²) in [6, 6.07) is 28.6. The quantitative estimate of drug-likeness (QED) is 0.315. The van der Waals surface area contributed by atoms with Crippen LogP contribution in [0.3, 0.4) is 0 Å². The normalized spacial score (nSPS) is 11.1. The number of hydrogen-bond donors (Lipinski definition) is 1. The Hall–Kier alpha value is -4.25. The van der Waals surface area contributed by atoms with Crippen LogP contribution < -0.4 is 5.32 Å². The number of nitrogens with one attached hydrogen (secondary N) is 1. The van der Waals surface area contributed by atoms with Gasteiger partial charge in [-0.25, -0.2) is 9.50 Å². The zero-order valence-corrected chi connectivity index (χ0v) is 19.3. The molecule has 0 aliphatic carbocycles. The Balaban J connectivity index is 1.47. The number of aromatic nitrogens is 3. The number of carbonyl (C=O) groups excluding carboxylic acids is 1. The Morgan fingerprint density at radius 3 is 2.32 bits per heavy atom. The summed E-state index contributed by atoms with van der Waals surface area (Å²) in [5, 5.41) is 7.65. The van der Waals surface area contributed by atoms with Gasteiger partial charge in [0.25, 0.3) is 0 Å². The molecule has 168 valence electrons. The summed E-state index contributed by atoms with van der Waals surface area (Å²) < 4.78 is 1.86. The minimum atomic E-state index is 0.0207. The molecule has 2 heterocycles. The molecular weight excluding hydrogens is 420 g/mol. The average Bonchev–Trinajstić information content (AvgIpc) is 3.29. The molecule has 0 aliphatic rings. The van der Waals surface area contributed by atoms with Crippen LogP contribution in [0.1, 0.15) is 20.3 Å². The van der Waals surface area contributed by atoms with E-state index in [4.69, 9.17) is 0 Å². The standard InChI is InChI=1S/C29H26N4O/c1-20(2)17-28(34)32-25-10-6-9-24(18-25)27-15-16-30-29-26(19-31-33(27)29)23-13-11-22(12-14-23)21-7-4-3-5-8-21/h3-16,18-20H,17H2,1-2H3,(H,32,34). The second-order valence-corrected chi connectivity index (χ2v) is 8.79. The lowest BCUT2D eigenvalue weighted by Crippen LogP contribution is -2.13. The molecule has 0 aliphatic heterocycles. The fraction of sp³-hybridized carbons (Fsp3) is 0.138. The van der Waals surface area contributed by atoms with Crippen molar-refractivity contribution in [1.82, 2.24) is 14.6 Å². The predicted molar refractivity (Wildman–Crippen MR) is 137 cm³/mol. The van der Waals surface area contributed by atoms with Gasteiger partial charge in [0, 0.05) is 29.4 Å². The molecular formula is C29H26N4O. The Morgan fingerprint density at radius 2 is 1.56 bits per heavy atom. The summed E-state index contributed by atoms with van der Waals surface area (Å²) in [4.78, 5) is 16.8. The molecule has 1 amide bonds. The second kappa shape index (κ2) is 9.32. The van der Waals surface area contributed by atoms with Crippen molar-refractivity contribution in [3.63, 3.8) is 0 Å². The van der Waals surface area contributed by atoms with Crippen molar-refractivity contribution in [1.29, 1.82) is 0 Å². The van der Waals surface area contributed by atoms with Gasteiger partial charge in [0.15, 0.2) is 5.65 Å². The van der Waals surface area contributed by atoms with Gasteiger partial charge in [-0.2, -0.15) is 5.10 Å². The van der Waals surface area contributed by atoms with Crippen molar-refractivity contribution < 1.29 is 4.79 Å². The fourth-order valence-electron chi connectivity index (χ4n) is 4.13. The van der Waals surface area contributed by atoms with Crippen LogP contribution in [-0.2, 0) is 4.79 Å². The van der Waals surface area contributed by atoms with Crippen molar-refractivity contribution in [2.24, 2.45) is 5.92 Å². The predicted octanol–water partition coefficient (Wildman–Crippen LogP) is 6.71. The van der Waals surface area contributed by atoms with E-state index < -0.39 is 0 Å². The molecule has 0 bridgehead atoms. The molecule has 0 saturated carbocycles. The molecule has 5 nitrogen and oxygen atoms in total. The molecule has 0 fully saturated rings. The third-order valence-corrected chi connectivity index (χ3v) is 5.74. The van der Waals surface area contributed by atoms with Crippen LogP contribution in [0.2, 0.25) is 0 Å². The number of rotatable bonds is 6. The lowest BCUT2D eigenvalue weighted by Gasteiger charge is -2.10. The van der Waals surface area contributed by atoms with Crippen molar-refractivity contribution >= 4 is 17.2 Å². The van der Waals surface area contributed by atoms with Crippen LogP contribution in [0.5, 0.6) is 0 Å². The number of benzene rings is 3. The topological polar surface area (TPSA) is 59.3 Å². The van der Waals surface area contributed by atoms with E-state index in [2.05, 4.69) is 51.8 Å². The summed E-state index contributed by atoms with van der Waals surface area (Å²) in [5.74, 6) is 0.333. The van der Waals surface area contributed by atoms with Gasteiger partial charge in [0.1, 0.15) is 0 Å². The number of amides is 1. The molecule has 5 heteroatoms. The van der Waals surface area contributed by atoms with Gasteiger partial charge < -0.3 is 5.32 Å². The van der Waals surface area contributed by atoms with Gasteiger partial charge in [-0.3, -0.25) is 4.79 Å². The maximum Gasteiger partial charge on any atom is 0.224 e. The SMILES string of the molecule is CC(C)CC(=O)Nc1cccc(-c2ccnc3c(-c4ccc(-c5ccccc5)cc4)cnn23)c1. The van der Waals surface area contributed by atoms with Gasteiger partial charge >= 0.3 is 0 Å². The third-order valence-electron chi connectivity index (χ3n) is 5.74. The van der Waals surface area contributed by atoms with E-state index in [1.54, 1.807) is 6.20 Å². The summed E-state index contributed by atoms with van der Waals surface area (Å²) in [7, 11) is 0. The first-order chi connectivity index (χ1) is 16.6. The van der Waals surface area contributed by atoms with Crippen molar-refractivity contribution in [3.05, 3.63) is 97.3 Å². The Kier molecular flexibility index (Phi) is 5.91. The van der Waals surface area contributed by atoms with E-state index in [1.165, 1.54) is 11.1 Å². The highest BCUT2D eigenvalue weighted by Crippen LogP contribution is 2.30. The zero-order valence-electron chi connectivity index (χ0n) is 19.3. The van der Waals surface area contributed by atoms with Crippen LogP contribution in [0.4, 0.5) is 5.69 Å². The number of nitrogens with zero attached hydrogens (tertiary/aromatic N) is 3. The van der Waals surface area contributed by atoms with Gasteiger partial charge in [0.05, 0.1) is 11.9 Å². The smallest absolute Gasteiger partial charge is 0.224 e. The molecule has 0 unspecified atom stereocenters. The zero-order chi connectivity index (χ0) is 23.5. The highest BCUT2D eigenvalue weighted by molar-refractivity contribution is 5.91. The lowest BCUT2D eigenvalue weighted by molar-refractivity contribution is -0.116. The van der Waals surface area contributed by atoms with E-state index in [0.717, 1.165) is 33.7 Å². The summed E-state index contributed by atoms with van der Waals surface area (Å²) >= 11 is 0. The van der Waals surface area contributed by atoms with E-state index in [1.807, 2.05) is 73.1 Å². The van der Waals surface area contributed by atoms with Gasteiger partial charge in [-0.1, -0.05) is 80.6 Å². The van der Waals surface area contributed by atoms with Crippen LogP contribution in [0.25, 0.3) is 39.2 Å². The molecule has 5 aromatic rings. The second-order valence-electron chi connectivity index (χ2n) is 8.79. The highest BCUT2D eigenvalue weighted by Gasteiger charge is 2.13. The summed E-state index contributed by atoms with van der Waals surface area (Å²) in [6.07, 6.45) is 4.16. The molecule has 0 saturated heterocycles. The first-order valence-electron chi connectivity index (χ1n) is 11.5. The minimum absolute atomic E-state index is 0.0207. The molecule has 0 radical (unpaired) electrons. The van der Waals surface area contributed by atoms with Crippen molar-refractivity contribution in [2.45, 2.75) is 20.3 Å². The monoisotopic (exact) mass is 446 g/mol. The minimum Gasteiger partial charge on any atom is -0.326 e. The Bertz CT molecular complexity index is 1440. The summed E-state index contributed by atoms with van der Waals surface area (Å²) in [6.45, 7) is 4.07. The summed E-state index contributed by atoms with van der Waals surface area (Å²) in [5.41, 5.74) is 7.84. The van der Waals surface area contributed by atoms with Gasteiger partial charge in [-0.15, -0.1) is 0 Å². The largest absolute Gasteiger partial charge is 0.326 e. The van der Waals surface area contributed by atoms with Crippen LogP contribution in [0, 0.1) is 5.92 Å². The van der Waals surface area contributed by atoms with Crippen LogP contribution in [-0.4, -0.2) is 20.5 Å². The molecule has 5 rings (SSSR count). The van der Waals surface area contributed by atoms with Gasteiger partial charge in [-0.05, 0) is 40.8 Å². The maximum absolute atomic E-state index is 12.2. The fourth-order valence-corrected chi connectivity index (χ4v) is 4.13. The third kappa shape index (κ3) is 4.46. The van der Waals surface area contributed by atoms with Crippen molar-refractivity contribution in [3.8, 4) is 33.5 Å². The number of anilines is 1. The molecule has 0 spiro atoms. The molecule has 0 atom stereocenters. The number of carbonyl (C=O) groups is 1. The molecule has 1 N–H and O–H groups in total. The highest BCUT2D eigenvalue weighted by atomic mass is 16.1. The maximum atomic E-state index is 12.2. The molecule has 3 aromatic carbocycles. The molecule has 2 aromatic heterocycles. The lowest BCUT2D eigenvalue weighted by atomic mass is 10.0. The van der Waals surface area contributed by atoms with Crippen LogP contribution >= 0.6 is 0 Å². The van der Waals surface area contributed by atoms with E-state index >= 15 is 0 Å². The van der Waals surface area contributed by atoms with Crippen molar-refractivity contribution in [2.75, 3.05) is 5.32 Å². The Morgan fingerprint density at radius 1 is 0.853 bits per heavy atom. The number of fused-ring (bicyclic) bond motifs is 1. The van der Waals surface area contributed by atoms with E-state index in [9.17, 15) is 4.79 Å².